The Hall–Kier alpha value is -3.61. The van der Waals surface area contributed by atoms with Crippen molar-refractivity contribution in [3.8, 4) is 5.69 Å². The fourth-order valence-electron chi connectivity index (χ4n) is 2.53. The van der Waals surface area contributed by atoms with E-state index in [1.54, 1.807) is 54.6 Å². The number of para-hydroxylation sites is 1. The minimum Gasteiger partial charge on any atom is -0.467 e. The molecule has 0 aliphatic carbocycles. The normalized spacial score (nSPS) is 11.6. The van der Waals surface area contributed by atoms with Crippen LogP contribution in [0.15, 0.2) is 71.5 Å². The highest BCUT2D eigenvalue weighted by Gasteiger charge is 2.25. The fourth-order valence-corrected chi connectivity index (χ4v) is 2.53. The van der Waals surface area contributed by atoms with Gasteiger partial charge in [-0.1, -0.05) is 48.5 Å². The molecule has 1 heterocycles. The smallest absolute Gasteiger partial charge is 0.333 e. The molecule has 2 aromatic carbocycles. The predicted molar refractivity (Wildman–Crippen MR) is 95.1 cm³/mol. The van der Waals surface area contributed by atoms with Gasteiger partial charge in [-0.05, 0) is 17.7 Å². The summed E-state index contributed by atoms with van der Waals surface area (Å²) in [5.41, 5.74) is 0.848. The molecule has 132 valence electrons. The molecule has 0 radical (unpaired) electrons. The van der Waals surface area contributed by atoms with Gasteiger partial charge >= 0.3 is 5.97 Å². The number of ether oxygens (including phenoxy) is 1. The number of amides is 1. The second-order valence-corrected chi connectivity index (χ2v) is 5.52. The SMILES string of the molecule is COC(=O)C(NC(=O)c1cc(=O)n(-c2ccccc2)[nH]1)c1ccccc1. The first-order valence-corrected chi connectivity index (χ1v) is 7.91. The van der Waals surface area contributed by atoms with Crippen molar-refractivity contribution in [2.45, 2.75) is 6.04 Å². The van der Waals surface area contributed by atoms with Crippen molar-refractivity contribution < 1.29 is 14.3 Å². The number of nitrogens with one attached hydrogen (secondary N) is 2. The summed E-state index contributed by atoms with van der Waals surface area (Å²) >= 11 is 0. The van der Waals surface area contributed by atoms with Gasteiger partial charge in [0.15, 0.2) is 6.04 Å². The first kappa shape index (κ1) is 17.2. The van der Waals surface area contributed by atoms with E-state index in [0.717, 1.165) is 0 Å². The van der Waals surface area contributed by atoms with Gasteiger partial charge in [-0.15, -0.1) is 0 Å². The average molecular weight is 351 g/mol. The summed E-state index contributed by atoms with van der Waals surface area (Å²) in [6.07, 6.45) is 0. The molecule has 7 heteroatoms. The predicted octanol–water partition coefficient (Wildman–Crippen LogP) is 1.81. The van der Waals surface area contributed by atoms with E-state index in [2.05, 4.69) is 10.4 Å². The molecule has 1 unspecified atom stereocenters. The summed E-state index contributed by atoms with van der Waals surface area (Å²) in [6, 6.07) is 17.8. The van der Waals surface area contributed by atoms with Crippen LogP contribution in [0.3, 0.4) is 0 Å². The van der Waals surface area contributed by atoms with Crippen LogP contribution in [0, 0.1) is 0 Å². The van der Waals surface area contributed by atoms with Gasteiger partial charge in [0, 0.05) is 6.07 Å². The molecule has 0 bridgehead atoms. The Morgan fingerprint density at radius 3 is 2.27 bits per heavy atom. The van der Waals surface area contributed by atoms with Crippen LogP contribution in [-0.4, -0.2) is 28.8 Å². The number of hydrogen-bond donors (Lipinski definition) is 2. The number of carbonyl (C=O) groups is 2. The van der Waals surface area contributed by atoms with Crippen molar-refractivity contribution >= 4 is 11.9 Å². The zero-order valence-electron chi connectivity index (χ0n) is 14.0. The molecule has 0 saturated heterocycles. The first-order valence-electron chi connectivity index (χ1n) is 7.91. The number of aromatic amines is 1. The monoisotopic (exact) mass is 351 g/mol. The van der Waals surface area contributed by atoms with E-state index < -0.39 is 17.9 Å². The largest absolute Gasteiger partial charge is 0.467 e. The number of hydrogen-bond acceptors (Lipinski definition) is 4. The summed E-state index contributed by atoms with van der Waals surface area (Å²) in [5, 5.41) is 5.35. The van der Waals surface area contributed by atoms with Crippen molar-refractivity contribution in [3.63, 3.8) is 0 Å². The maximum atomic E-state index is 12.5. The average Bonchev–Trinajstić information content (AvgIpc) is 3.08. The van der Waals surface area contributed by atoms with Crippen molar-refractivity contribution in [2.75, 3.05) is 7.11 Å². The lowest BCUT2D eigenvalue weighted by Gasteiger charge is -2.16. The fraction of sp³-hybridized carbons (Fsp3) is 0.105. The molecule has 2 N–H and O–H groups in total. The van der Waals surface area contributed by atoms with Crippen LogP contribution in [0.1, 0.15) is 22.1 Å². The Balaban J connectivity index is 1.87. The second kappa shape index (κ2) is 7.52. The third kappa shape index (κ3) is 3.56. The van der Waals surface area contributed by atoms with E-state index in [1.807, 2.05) is 6.07 Å². The summed E-state index contributed by atoms with van der Waals surface area (Å²) in [4.78, 5) is 36.8. The highest BCUT2D eigenvalue weighted by atomic mass is 16.5. The van der Waals surface area contributed by atoms with E-state index in [1.165, 1.54) is 17.9 Å². The summed E-state index contributed by atoms with van der Waals surface area (Å²) in [5.74, 6) is -1.19. The van der Waals surface area contributed by atoms with Crippen molar-refractivity contribution in [3.05, 3.63) is 88.3 Å². The van der Waals surface area contributed by atoms with Gasteiger partial charge in [0.1, 0.15) is 5.69 Å². The highest BCUT2D eigenvalue weighted by Crippen LogP contribution is 2.15. The number of methoxy groups -OCH3 is 1. The quantitative estimate of drug-likeness (QED) is 0.686. The number of rotatable bonds is 5. The lowest BCUT2D eigenvalue weighted by Crippen LogP contribution is -2.34. The van der Waals surface area contributed by atoms with Gasteiger partial charge in [-0.3, -0.25) is 14.7 Å². The molecule has 0 saturated carbocycles. The van der Waals surface area contributed by atoms with Crippen LogP contribution in [0.4, 0.5) is 0 Å². The number of benzene rings is 2. The third-order valence-corrected chi connectivity index (χ3v) is 3.82. The summed E-state index contributed by atoms with van der Waals surface area (Å²) < 4.78 is 6.03. The van der Waals surface area contributed by atoms with Crippen LogP contribution >= 0.6 is 0 Å². The molecule has 3 rings (SSSR count). The Kier molecular flexibility index (Phi) is 4.98. The molecule has 1 amide bonds. The number of aromatic nitrogens is 2. The summed E-state index contributed by atoms with van der Waals surface area (Å²) in [6.45, 7) is 0. The molecule has 1 aromatic heterocycles. The zero-order chi connectivity index (χ0) is 18.5. The van der Waals surface area contributed by atoms with E-state index in [9.17, 15) is 14.4 Å². The molecule has 7 nitrogen and oxygen atoms in total. The van der Waals surface area contributed by atoms with Gasteiger partial charge in [-0.25, -0.2) is 9.48 Å². The molecule has 0 aliphatic rings. The molecule has 0 fully saturated rings. The van der Waals surface area contributed by atoms with Crippen LogP contribution in [0.5, 0.6) is 0 Å². The Morgan fingerprint density at radius 1 is 1.04 bits per heavy atom. The molecule has 0 aliphatic heterocycles. The van der Waals surface area contributed by atoms with Crippen LogP contribution < -0.4 is 10.9 Å². The Labute approximate surface area is 149 Å². The molecule has 0 spiro atoms. The standard InChI is InChI=1S/C19H17N3O4/c1-26-19(25)17(13-8-4-2-5-9-13)20-18(24)15-12-16(23)22(21-15)14-10-6-3-7-11-14/h2-12,17,21H,1H3,(H,20,24). The Bertz CT molecular complexity index is 961. The van der Waals surface area contributed by atoms with E-state index in [-0.39, 0.29) is 11.3 Å². The van der Waals surface area contributed by atoms with E-state index >= 15 is 0 Å². The first-order chi connectivity index (χ1) is 12.6. The van der Waals surface area contributed by atoms with Crippen LogP contribution in [0.25, 0.3) is 5.69 Å². The maximum absolute atomic E-state index is 12.5. The summed E-state index contributed by atoms with van der Waals surface area (Å²) in [7, 11) is 1.25. The number of nitrogens with zero attached hydrogens (tertiary/aromatic N) is 1. The van der Waals surface area contributed by atoms with Crippen molar-refractivity contribution in [1.29, 1.82) is 0 Å². The van der Waals surface area contributed by atoms with Crippen molar-refractivity contribution in [1.82, 2.24) is 15.1 Å². The lowest BCUT2D eigenvalue weighted by molar-refractivity contribution is -0.143. The zero-order valence-corrected chi connectivity index (χ0v) is 14.0. The lowest BCUT2D eigenvalue weighted by atomic mass is 10.1. The number of esters is 1. The van der Waals surface area contributed by atoms with Gasteiger partial charge in [-0.2, -0.15) is 0 Å². The molecule has 3 aromatic rings. The van der Waals surface area contributed by atoms with E-state index in [0.29, 0.717) is 11.3 Å². The van der Waals surface area contributed by atoms with Crippen LogP contribution in [-0.2, 0) is 9.53 Å². The van der Waals surface area contributed by atoms with Gasteiger partial charge in [0.05, 0.1) is 12.8 Å². The van der Waals surface area contributed by atoms with Crippen LogP contribution in [0.2, 0.25) is 0 Å². The van der Waals surface area contributed by atoms with Gasteiger partial charge in [0.2, 0.25) is 0 Å². The molecular weight excluding hydrogens is 334 g/mol. The minimum atomic E-state index is -0.975. The van der Waals surface area contributed by atoms with E-state index in [4.69, 9.17) is 4.74 Å². The maximum Gasteiger partial charge on any atom is 0.333 e. The molecular formula is C19H17N3O4. The third-order valence-electron chi connectivity index (χ3n) is 3.82. The molecule has 26 heavy (non-hydrogen) atoms. The minimum absolute atomic E-state index is 0.0451. The molecule has 1 atom stereocenters. The Morgan fingerprint density at radius 2 is 1.65 bits per heavy atom. The number of H-pyrrole nitrogens is 1. The second-order valence-electron chi connectivity index (χ2n) is 5.52. The van der Waals surface area contributed by atoms with Gasteiger partial charge < -0.3 is 10.1 Å². The van der Waals surface area contributed by atoms with Crippen molar-refractivity contribution in [2.24, 2.45) is 0 Å². The topological polar surface area (TPSA) is 93.2 Å². The van der Waals surface area contributed by atoms with Gasteiger partial charge in [0.25, 0.3) is 11.5 Å². The highest BCUT2D eigenvalue weighted by molar-refractivity contribution is 5.95. The number of carbonyl (C=O) groups excluding carboxylic acids is 2.